The number of aromatic nitrogens is 1. The minimum absolute atomic E-state index is 0.0947. The van der Waals surface area contributed by atoms with Gasteiger partial charge in [-0.1, -0.05) is 30.3 Å². The largest absolute Gasteiger partial charge is 0.369 e. The Morgan fingerprint density at radius 2 is 2.10 bits per heavy atom. The first-order chi connectivity index (χ1) is 9.65. The zero-order valence-electron chi connectivity index (χ0n) is 10.7. The molecule has 1 fully saturated rings. The highest BCUT2D eigenvalue weighted by molar-refractivity contribution is 7.14. The van der Waals surface area contributed by atoms with Gasteiger partial charge in [-0.2, -0.15) is 0 Å². The van der Waals surface area contributed by atoms with E-state index in [4.69, 9.17) is 5.73 Å². The molecule has 2 amide bonds. The first-order valence-corrected chi connectivity index (χ1v) is 7.14. The Labute approximate surface area is 120 Å². The number of amides is 2. The lowest BCUT2D eigenvalue weighted by atomic mass is 10.1. The fourth-order valence-electron chi connectivity index (χ4n) is 2.21. The van der Waals surface area contributed by atoms with Crippen LogP contribution in [0.5, 0.6) is 0 Å². The fourth-order valence-corrected chi connectivity index (χ4v) is 3.07. The lowest BCUT2D eigenvalue weighted by molar-refractivity contribution is -0.123. The van der Waals surface area contributed by atoms with E-state index in [9.17, 15) is 9.59 Å². The second kappa shape index (κ2) is 5.05. The summed E-state index contributed by atoms with van der Waals surface area (Å²) < 4.78 is 0. The maximum atomic E-state index is 11.9. The van der Waals surface area contributed by atoms with Crippen LogP contribution in [0.25, 0.3) is 11.3 Å². The summed E-state index contributed by atoms with van der Waals surface area (Å²) in [5.41, 5.74) is 7.10. The molecule has 2 heterocycles. The number of nitrogens with zero attached hydrogens (tertiary/aromatic N) is 2. The van der Waals surface area contributed by atoms with Crippen molar-refractivity contribution >= 4 is 28.3 Å². The molecule has 6 heteroatoms. The van der Waals surface area contributed by atoms with Crippen molar-refractivity contribution in [3.8, 4) is 11.3 Å². The zero-order valence-corrected chi connectivity index (χ0v) is 11.5. The van der Waals surface area contributed by atoms with Crippen molar-refractivity contribution in [2.75, 3.05) is 11.4 Å². The van der Waals surface area contributed by atoms with E-state index in [2.05, 4.69) is 4.98 Å². The molecule has 1 aliphatic heterocycles. The molecule has 1 aromatic heterocycles. The van der Waals surface area contributed by atoms with Crippen molar-refractivity contribution in [1.82, 2.24) is 4.98 Å². The van der Waals surface area contributed by atoms with Crippen LogP contribution < -0.4 is 10.6 Å². The Bertz CT molecular complexity index is 653. The van der Waals surface area contributed by atoms with Crippen LogP contribution in [0.2, 0.25) is 0 Å². The Morgan fingerprint density at radius 3 is 2.75 bits per heavy atom. The van der Waals surface area contributed by atoms with E-state index in [1.54, 1.807) is 4.90 Å². The van der Waals surface area contributed by atoms with Gasteiger partial charge < -0.3 is 5.73 Å². The normalized spacial score (nSPS) is 18.5. The second-order valence-electron chi connectivity index (χ2n) is 4.69. The third kappa shape index (κ3) is 2.30. The molecule has 1 aromatic carbocycles. The van der Waals surface area contributed by atoms with Gasteiger partial charge in [-0.3, -0.25) is 14.5 Å². The van der Waals surface area contributed by atoms with E-state index in [0.717, 1.165) is 11.3 Å². The molecule has 1 atom stereocenters. The molecule has 0 bridgehead atoms. The summed E-state index contributed by atoms with van der Waals surface area (Å²) in [4.78, 5) is 29.1. The van der Waals surface area contributed by atoms with Gasteiger partial charge in [-0.15, -0.1) is 11.3 Å². The zero-order chi connectivity index (χ0) is 14.1. The standard InChI is InChI=1S/C14H13N3O2S/c15-13(19)10-6-12(18)17(7-10)14-16-11(8-20-14)9-4-2-1-3-5-9/h1-5,8,10H,6-7H2,(H2,15,19). The molecule has 1 unspecified atom stereocenters. The van der Waals surface area contributed by atoms with Gasteiger partial charge in [-0.25, -0.2) is 4.98 Å². The third-order valence-corrected chi connectivity index (χ3v) is 4.18. The summed E-state index contributed by atoms with van der Waals surface area (Å²) in [6.07, 6.45) is 0.176. The molecule has 5 nitrogen and oxygen atoms in total. The Morgan fingerprint density at radius 1 is 1.35 bits per heavy atom. The molecule has 0 radical (unpaired) electrons. The van der Waals surface area contributed by atoms with Gasteiger partial charge in [0.05, 0.1) is 11.6 Å². The van der Waals surface area contributed by atoms with E-state index >= 15 is 0 Å². The topological polar surface area (TPSA) is 76.3 Å². The summed E-state index contributed by atoms with van der Waals surface area (Å²) in [5, 5.41) is 2.54. The molecular formula is C14H13N3O2S. The summed E-state index contributed by atoms with van der Waals surface area (Å²) in [6.45, 7) is 0.329. The number of benzene rings is 1. The molecule has 2 N–H and O–H groups in total. The lowest BCUT2D eigenvalue weighted by Gasteiger charge is -2.11. The van der Waals surface area contributed by atoms with Crippen molar-refractivity contribution in [3.05, 3.63) is 35.7 Å². The molecule has 0 aliphatic carbocycles. The van der Waals surface area contributed by atoms with Gasteiger partial charge in [0.2, 0.25) is 11.8 Å². The number of nitrogens with two attached hydrogens (primary N) is 1. The van der Waals surface area contributed by atoms with E-state index in [0.29, 0.717) is 11.7 Å². The van der Waals surface area contributed by atoms with Crippen LogP contribution in [0.3, 0.4) is 0 Å². The van der Waals surface area contributed by atoms with E-state index in [-0.39, 0.29) is 12.3 Å². The van der Waals surface area contributed by atoms with Gasteiger partial charge >= 0.3 is 0 Å². The first-order valence-electron chi connectivity index (χ1n) is 6.26. The van der Waals surface area contributed by atoms with E-state index in [1.165, 1.54) is 11.3 Å². The number of carbonyl (C=O) groups is 2. The van der Waals surface area contributed by atoms with Crippen LogP contribution in [0.4, 0.5) is 5.13 Å². The molecule has 20 heavy (non-hydrogen) atoms. The van der Waals surface area contributed by atoms with Gasteiger partial charge in [0.25, 0.3) is 0 Å². The van der Waals surface area contributed by atoms with Crippen molar-refractivity contribution < 1.29 is 9.59 Å². The molecule has 0 saturated carbocycles. The number of primary amides is 1. The molecular weight excluding hydrogens is 274 g/mol. The fraction of sp³-hybridized carbons (Fsp3) is 0.214. The summed E-state index contributed by atoms with van der Waals surface area (Å²) >= 11 is 1.40. The Hall–Kier alpha value is -2.21. The van der Waals surface area contributed by atoms with Gasteiger partial charge in [0.15, 0.2) is 5.13 Å². The highest BCUT2D eigenvalue weighted by atomic mass is 32.1. The van der Waals surface area contributed by atoms with Gasteiger partial charge in [0.1, 0.15) is 0 Å². The number of rotatable bonds is 3. The average molecular weight is 287 g/mol. The highest BCUT2D eigenvalue weighted by Gasteiger charge is 2.35. The predicted octanol–water partition coefficient (Wildman–Crippen LogP) is 1.65. The molecule has 3 rings (SSSR count). The minimum Gasteiger partial charge on any atom is -0.369 e. The maximum Gasteiger partial charge on any atom is 0.229 e. The summed E-state index contributed by atoms with van der Waals surface area (Å²) in [7, 11) is 0. The van der Waals surface area contributed by atoms with Gasteiger partial charge in [-0.05, 0) is 0 Å². The van der Waals surface area contributed by atoms with Crippen molar-refractivity contribution in [1.29, 1.82) is 0 Å². The third-order valence-electron chi connectivity index (χ3n) is 3.32. The number of carbonyl (C=O) groups excluding carboxylic acids is 2. The monoisotopic (exact) mass is 287 g/mol. The number of hydrogen-bond donors (Lipinski definition) is 1. The maximum absolute atomic E-state index is 11.9. The van der Waals surface area contributed by atoms with Crippen LogP contribution in [0, 0.1) is 5.92 Å². The summed E-state index contributed by atoms with van der Waals surface area (Å²) in [5.74, 6) is -0.935. The quantitative estimate of drug-likeness (QED) is 0.932. The number of thiazole rings is 1. The predicted molar refractivity (Wildman–Crippen MR) is 77.2 cm³/mol. The Kier molecular flexibility index (Phi) is 3.23. The van der Waals surface area contributed by atoms with Crippen LogP contribution in [0.1, 0.15) is 6.42 Å². The molecule has 2 aromatic rings. The molecule has 1 aliphatic rings. The average Bonchev–Trinajstić information content (AvgIpc) is 3.06. The van der Waals surface area contributed by atoms with Crippen molar-refractivity contribution in [2.24, 2.45) is 11.7 Å². The number of anilines is 1. The molecule has 1 saturated heterocycles. The van der Waals surface area contributed by atoms with Crippen molar-refractivity contribution in [3.63, 3.8) is 0 Å². The Balaban J connectivity index is 1.84. The highest BCUT2D eigenvalue weighted by Crippen LogP contribution is 2.31. The smallest absolute Gasteiger partial charge is 0.229 e. The second-order valence-corrected chi connectivity index (χ2v) is 5.53. The molecule has 102 valence electrons. The van der Waals surface area contributed by atoms with Crippen LogP contribution in [0.15, 0.2) is 35.7 Å². The van der Waals surface area contributed by atoms with Crippen LogP contribution in [-0.4, -0.2) is 23.3 Å². The first kappa shape index (κ1) is 12.8. The lowest BCUT2D eigenvalue weighted by Crippen LogP contribution is -2.28. The van der Waals surface area contributed by atoms with E-state index < -0.39 is 11.8 Å². The van der Waals surface area contributed by atoms with Crippen LogP contribution >= 0.6 is 11.3 Å². The van der Waals surface area contributed by atoms with Crippen molar-refractivity contribution in [2.45, 2.75) is 6.42 Å². The van der Waals surface area contributed by atoms with Gasteiger partial charge in [0, 0.05) is 23.9 Å². The van der Waals surface area contributed by atoms with Crippen LogP contribution in [-0.2, 0) is 9.59 Å². The minimum atomic E-state index is -0.430. The van der Waals surface area contributed by atoms with E-state index in [1.807, 2.05) is 35.7 Å². The summed E-state index contributed by atoms with van der Waals surface area (Å²) in [6, 6.07) is 9.77. The SMILES string of the molecule is NC(=O)C1CC(=O)N(c2nc(-c3ccccc3)cs2)C1. The number of hydrogen-bond acceptors (Lipinski definition) is 4. The molecule has 0 spiro atoms.